The highest BCUT2D eigenvalue weighted by molar-refractivity contribution is 7.78. The summed E-state index contributed by atoms with van der Waals surface area (Å²) < 4.78 is 7.64. The molecule has 3 nitrogen and oxygen atoms in total. The predicted octanol–water partition coefficient (Wildman–Crippen LogP) is 1.40. The molecule has 0 aliphatic rings. The number of carbonyl (C=O) groups is 1. The minimum Gasteiger partial charge on any atom is -0.462 e. The summed E-state index contributed by atoms with van der Waals surface area (Å²) in [7, 11) is 0. The third-order valence-electron chi connectivity index (χ3n) is 1.41. The summed E-state index contributed by atoms with van der Waals surface area (Å²) in [6.45, 7) is 7.53. The number of nitrogens with one attached hydrogen (secondary N) is 1. The number of hydrogen-bond acceptors (Lipinski definition) is 4. The Morgan fingerprint density at radius 2 is 1.83 bits per heavy atom. The van der Waals surface area contributed by atoms with Crippen LogP contribution in [0.1, 0.15) is 27.7 Å². The van der Waals surface area contributed by atoms with E-state index < -0.39 is 0 Å². The van der Waals surface area contributed by atoms with E-state index in [1.807, 2.05) is 27.7 Å². The van der Waals surface area contributed by atoms with Gasteiger partial charge < -0.3 is 4.74 Å². The lowest BCUT2D eigenvalue weighted by atomic mass is 10.1. The molecule has 0 aliphatic heterocycles. The van der Waals surface area contributed by atoms with Crippen LogP contribution in [0.5, 0.6) is 0 Å². The summed E-state index contributed by atoms with van der Waals surface area (Å²) in [4.78, 5) is 11.3. The molecule has 0 spiro atoms. The summed E-state index contributed by atoms with van der Waals surface area (Å²) in [5.74, 6) is -0.0521. The van der Waals surface area contributed by atoms with Gasteiger partial charge in [0.2, 0.25) is 0 Å². The summed E-state index contributed by atoms with van der Waals surface area (Å²) >= 11 is 3.87. The Labute approximate surface area is 79.4 Å². The Bertz CT molecular complexity index is 148. The van der Waals surface area contributed by atoms with Crippen LogP contribution in [0.3, 0.4) is 0 Å². The quantitative estimate of drug-likeness (QED) is 0.521. The van der Waals surface area contributed by atoms with Crippen LogP contribution in [0.2, 0.25) is 0 Å². The van der Waals surface area contributed by atoms with E-state index in [0.29, 0.717) is 0 Å². The second-order valence-electron chi connectivity index (χ2n) is 3.34. The molecular weight excluding hydrogens is 174 g/mol. The van der Waals surface area contributed by atoms with Crippen molar-refractivity contribution in [1.82, 2.24) is 4.72 Å². The van der Waals surface area contributed by atoms with E-state index in [1.54, 1.807) is 0 Å². The predicted molar refractivity (Wildman–Crippen MR) is 52.0 cm³/mol. The van der Waals surface area contributed by atoms with Gasteiger partial charge in [-0.25, -0.2) is 0 Å². The molecule has 0 aliphatic carbocycles. The van der Waals surface area contributed by atoms with E-state index in [9.17, 15) is 4.79 Å². The van der Waals surface area contributed by atoms with Crippen LogP contribution in [-0.4, -0.2) is 18.1 Å². The fourth-order valence-electron chi connectivity index (χ4n) is 0.780. The average Bonchev–Trinajstić information content (AvgIpc) is 1.85. The Morgan fingerprint density at radius 1 is 1.33 bits per heavy atom. The molecule has 0 saturated heterocycles. The lowest BCUT2D eigenvalue weighted by Crippen LogP contribution is -2.38. The highest BCUT2D eigenvalue weighted by Crippen LogP contribution is 2.05. The van der Waals surface area contributed by atoms with Gasteiger partial charge in [-0.15, -0.1) is 0 Å². The van der Waals surface area contributed by atoms with Crippen LogP contribution in [-0.2, 0) is 9.53 Å². The second kappa shape index (κ2) is 5.43. The minimum atomic E-state index is -0.323. The topological polar surface area (TPSA) is 38.3 Å². The number of thiol groups is 1. The smallest absolute Gasteiger partial charge is 0.324 e. The molecule has 0 aromatic carbocycles. The number of ether oxygens (including phenoxy) is 1. The lowest BCUT2D eigenvalue weighted by Gasteiger charge is -2.19. The maximum atomic E-state index is 11.3. The molecule has 12 heavy (non-hydrogen) atoms. The van der Waals surface area contributed by atoms with Gasteiger partial charge in [0, 0.05) is 0 Å². The molecule has 0 aromatic heterocycles. The van der Waals surface area contributed by atoms with Crippen molar-refractivity contribution in [3.8, 4) is 0 Å². The van der Waals surface area contributed by atoms with Gasteiger partial charge >= 0.3 is 5.97 Å². The molecule has 0 rings (SSSR count). The molecule has 0 amide bonds. The maximum absolute atomic E-state index is 11.3. The van der Waals surface area contributed by atoms with E-state index in [-0.39, 0.29) is 24.0 Å². The zero-order valence-corrected chi connectivity index (χ0v) is 8.89. The molecule has 72 valence electrons. The van der Waals surface area contributed by atoms with E-state index in [1.165, 1.54) is 0 Å². The van der Waals surface area contributed by atoms with Crippen molar-refractivity contribution in [2.45, 2.75) is 39.8 Å². The van der Waals surface area contributed by atoms with Crippen molar-refractivity contribution >= 4 is 18.8 Å². The lowest BCUT2D eigenvalue weighted by molar-refractivity contribution is -0.150. The van der Waals surface area contributed by atoms with E-state index in [0.717, 1.165) is 0 Å². The molecule has 0 bridgehead atoms. The normalized spacial score (nSPS) is 13.6. The maximum Gasteiger partial charge on any atom is 0.324 e. The van der Waals surface area contributed by atoms with Gasteiger partial charge in [-0.2, -0.15) is 0 Å². The Hall–Kier alpha value is -0.220. The fraction of sp³-hybridized carbons (Fsp3) is 0.875. The molecule has 0 aromatic rings. The summed E-state index contributed by atoms with van der Waals surface area (Å²) in [5.41, 5.74) is 0. The van der Waals surface area contributed by atoms with Gasteiger partial charge in [0.05, 0.1) is 6.10 Å². The van der Waals surface area contributed by atoms with Crippen molar-refractivity contribution in [2.24, 2.45) is 5.92 Å². The summed E-state index contributed by atoms with van der Waals surface area (Å²) in [5, 5.41) is 0. The first-order valence-electron chi connectivity index (χ1n) is 4.09. The van der Waals surface area contributed by atoms with Gasteiger partial charge in [-0.1, -0.05) is 26.7 Å². The third-order valence-corrected chi connectivity index (χ3v) is 1.69. The Kier molecular flexibility index (Phi) is 5.33. The van der Waals surface area contributed by atoms with Gasteiger partial charge in [0.25, 0.3) is 0 Å². The van der Waals surface area contributed by atoms with Gasteiger partial charge in [0.1, 0.15) is 6.04 Å². The van der Waals surface area contributed by atoms with Crippen molar-refractivity contribution in [1.29, 1.82) is 0 Å². The van der Waals surface area contributed by atoms with Crippen molar-refractivity contribution in [3.05, 3.63) is 0 Å². The molecular formula is C8H17NO2S. The molecule has 0 fully saturated rings. The van der Waals surface area contributed by atoms with Gasteiger partial charge in [-0.05, 0) is 19.8 Å². The average molecular weight is 191 g/mol. The number of carbonyl (C=O) groups excluding carboxylic acids is 1. The summed E-state index contributed by atoms with van der Waals surface area (Å²) in [6.07, 6.45) is -0.0690. The van der Waals surface area contributed by atoms with Crippen molar-refractivity contribution in [2.75, 3.05) is 0 Å². The van der Waals surface area contributed by atoms with Crippen molar-refractivity contribution in [3.63, 3.8) is 0 Å². The minimum absolute atomic E-state index is 0.0690. The van der Waals surface area contributed by atoms with Gasteiger partial charge in [-0.3, -0.25) is 9.52 Å². The zero-order valence-electron chi connectivity index (χ0n) is 8.00. The number of hydrogen-bond donors (Lipinski definition) is 2. The molecule has 0 radical (unpaired) electrons. The zero-order chi connectivity index (χ0) is 9.72. The van der Waals surface area contributed by atoms with E-state index in [4.69, 9.17) is 4.74 Å². The Morgan fingerprint density at radius 3 is 2.08 bits per heavy atom. The third kappa shape index (κ3) is 3.97. The van der Waals surface area contributed by atoms with Crippen molar-refractivity contribution < 1.29 is 9.53 Å². The van der Waals surface area contributed by atoms with Crippen LogP contribution in [0, 0.1) is 5.92 Å². The SMILES string of the molecule is CC(C)OC(=O)[C@@H](NS)C(C)C. The summed E-state index contributed by atoms with van der Waals surface area (Å²) in [6, 6.07) is -0.323. The highest BCUT2D eigenvalue weighted by atomic mass is 32.1. The van der Waals surface area contributed by atoms with E-state index in [2.05, 4.69) is 17.5 Å². The van der Waals surface area contributed by atoms with Crippen LogP contribution in [0.4, 0.5) is 0 Å². The highest BCUT2D eigenvalue weighted by Gasteiger charge is 2.22. The molecule has 0 saturated carbocycles. The monoisotopic (exact) mass is 191 g/mol. The molecule has 0 unspecified atom stereocenters. The number of esters is 1. The van der Waals surface area contributed by atoms with Crippen LogP contribution in [0.15, 0.2) is 0 Å². The first kappa shape index (κ1) is 11.8. The molecule has 1 N–H and O–H groups in total. The molecule has 4 heteroatoms. The van der Waals surface area contributed by atoms with Gasteiger partial charge in [0.15, 0.2) is 0 Å². The second-order valence-corrected chi connectivity index (χ2v) is 3.59. The molecule has 1 atom stereocenters. The van der Waals surface area contributed by atoms with E-state index >= 15 is 0 Å². The Balaban J connectivity index is 4.04. The van der Waals surface area contributed by atoms with Crippen LogP contribution in [0.25, 0.3) is 0 Å². The fourth-order valence-corrected chi connectivity index (χ4v) is 1.18. The van der Waals surface area contributed by atoms with Crippen LogP contribution >= 0.6 is 12.8 Å². The molecule has 0 heterocycles. The number of rotatable bonds is 4. The first-order chi connectivity index (χ1) is 5.49. The standard InChI is InChI=1S/C8H17NO2S/c1-5(2)7(9-12)8(10)11-6(3)4/h5-7,9,12H,1-4H3/t7-/m0/s1. The largest absolute Gasteiger partial charge is 0.462 e. The first-order valence-corrected chi connectivity index (χ1v) is 4.53. The van der Waals surface area contributed by atoms with Crippen LogP contribution < -0.4 is 4.72 Å².